The molecule has 4 nitrogen and oxygen atoms in total. The molecule has 0 aliphatic heterocycles. The van der Waals surface area contributed by atoms with Gasteiger partial charge in [-0.2, -0.15) is 0 Å². The Morgan fingerprint density at radius 3 is 2.32 bits per heavy atom. The average molecular weight is 265 g/mol. The average Bonchev–Trinajstić information content (AvgIpc) is 2.43. The quantitative estimate of drug-likeness (QED) is 0.734. The largest absolute Gasteiger partial charge is 0.382 e. The number of methoxy groups -OCH3 is 1. The van der Waals surface area contributed by atoms with E-state index in [1.807, 2.05) is 18.2 Å². The van der Waals surface area contributed by atoms with Gasteiger partial charge < -0.3 is 14.8 Å². The molecule has 0 aliphatic rings. The molecule has 0 spiro atoms. The number of rotatable bonds is 8. The molecule has 106 valence electrons. The van der Waals surface area contributed by atoms with Crippen molar-refractivity contribution >= 4 is 11.6 Å². The fraction of sp³-hybridized carbons (Fsp3) is 0.533. The van der Waals surface area contributed by atoms with Crippen LogP contribution in [-0.4, -0.2) is 32.8 Å². The Kier molecular flexibility index (Phi) is 7.15. The molecule has 0 heterocycles. The molecule has 1 N–H and O–H groups in total. The third kappa shape index (κ3) is 5.01. The summed E-state index contributed by atoms with van der Waals surface area (Å²) in [5, 5.41) is 2.95. The number of benzene rings is 1. The highest BCUT2D eigenvalue weighted by Crippen LogP contribution is 2.22. The monoisotopic (exact) mass is 265 g/mol. The summed E-state index contributed by atoms with van der Waals surface area (Å²) in [7, 11) is 1.61. The topological polar surface area (TPSA) is 47.6 Å². The molecule has 0 saturated heterocycles. The molecule has 0 saturated carbocycles. The van der Waals surface area contributed by atoms with E-state index in [0.29, 0.717) is 13.2 Å². The molecule has 0 radical (unpaired) electrons. The molecule has 0 unspecified atom stereocenters. The van der Waals surface area contributed by atoms with Crippen molar-refractivity contribution in [3.8, 4) is 0 Å². The number of anilines is 1. The maximum Gasteiger partial charge on any atom is 0.250 e. The molecular formula is C15H23NO3. The van der Waals surface area contributed by atoms with E-state index >= 15 is 0 Å². The Labute approximate surface area is 115 Å². The lowest BCUT2D eigenvalue weighted by atomic mass is 10.0. The van der Waals surface area contributed by atoms with Crippen LogP contribution in [0.4, 0.5) is 5.69 Å². The van der Waals surface area contributed by atoms with Crippen molar-refractivity contribution in [2.24, 2.45) is 0 Å². The Balaban J connectivity index is 2.62. The van der Waals surface area contributed by atoms with Gasteiger partial charge in [-0.1, -0.05) is 32.0 Å². The van der Waals surface area contributed by atoms with Crippen LogP contribution in [0.2, 0.25) is 0 Å². The van der Waals surface area contributed by atoms with Gasteiger partial charge in [-0.3, -0.25) is 4.79 Å². The number of ether oxygens (including phenoxy) is 2. The van der Waals surface area contributed by atoms with Gasteiger partial charge >= 0.3 is 0 Å². The van der Waals surface area contributed by atoms with Gasteiger partial charge in [-0.15, -0.1) is 0 Å². The maximum atomic E-state index is 11.8. The van der Waals surface area contributed by atoms with Crippen LogP contribution in [0.3, 0.4) is 0 Å². The lowest BCUT2D eigenvalue weighted by molar-refractivity contribution is -0.121. The normalized spacial score (nSPS) is 10.5. The molecule has 0 aromatic heterocycles. The molecule has 19 heavy (non-hydrogen) atoms. The molecule has 1 aromatic rings. The van der Waals surface area contributed by atoms with Crippen molar-refractivity contribution < 1.29 is 14.3 Å². The second-order valence-corrected chi connectivity index (χ2v) is 4.25. The van der Waals surface area contributed by atoms with Crippen LogP contribution in [0.1, 0.15) is 25.0 Å². The molecule has 1 aromatic carbocycles. The second-order valence-electron chi connectivity index (χ2n) is 4.25. The predicted octanol–water partition coefficient (Wildman–Crippen LogP) is 2.41. The van der Waals surface area contributed by atoms with Gasteiger partial charge in [-0.25, -0.2) is 0 Å². The van der Waals surface area contributed by atoms with Crippen LogP contribution >= 0.6 is 0 Å². The summed E-state index contributed by atoms with van der Waals surface area (Å²) >= 11 is 0. The van der Waals surface area contributed by atoms with Crippen LogP contribution in [-0.2, 0) is 27.1 Å². The van der Waals surface area contributed by atoms with E-state index in [0.717, 1.165) is 29.7 Å². The molecule has 1 amide bonds. The molecule has 0 aliphatic carbocycles. The van der Waals surface area contributed by atoms with Crippen LogP contribution in [0.5, 0.6) is 0 Å². The fourth-order valence-electron chi connectivity index (χ4n) is 1.89. The Morgan fingerprint density at radius 1 is 1.16 bits per heavy atom. The maximum absolute atomic E-state index is 11.8. The molecule has 0 atom stereocenters. The first-order chi connectivity index (χ1) is 9.22. The Morgan fingerprint density at radius 2 is 1.79 bits per heavy atom. The van der Waals surface area contributed by atoms with E-state index in [9.17, 15) is 4.79 Å². The van der Waals surface area contributed by atoms with Gasteiger partial charge in [0.05, 0.1) is 13.2 Å². The highest BCUT2D eigenvalue weighted by Gasteiger charge is 2.09. The van der Waals surface area contributed by atoms with E-state index in [4.69, 9.17) is 9.47 Å². The standard InChI is InChI=1S/C15H23NO3/c1-4-12-7-6-8-13(5-2)15(12)16-14(17)11-19-10-9-18-3/h6-8H,4-5,9-11H2,1-3H3,(H,16,17). The first kappa shape index (κ1) is 15.7. The van der Waals surface area contributed by atoms with Gasteiger partial charge in [-0.05, 0) is 24.0 Å². The second kappa shape index (κ2) is 8.67. The van der Waals surface area contributed by atoms with Crippen molar-refractivity contribution in [2.45, 2.75) is 26.7 Å². The number of amides is 1. The number of nitrogens with one attached hydrogen (secondary N) is 1. The number of carbonyl (C=O) groups is 1. The van der Waals surface area contributed by atoms with Crippen molar-refractivity contribution in [1.29, 1.82) is 0 Å². The summed E-state index contributed by atoms with van der Waals surface area (Å²) in [5.41, 5.74) is 3.25. The number of carbonyl (C=O) groups excluding carboxylic acids is 1. The number of aryl methyl sites for hydroxylation is 2. The summed E-state index contributed by atoms with van der Waals surface area (Å²) in [6, 6.07) is 6.11. The predicted molar refractivity (Wildman–Crippen MR) is 76.5 cm³/mol. The van der Waals surface area contributed by atoms with E-state index in [1.165, 1.54) is 0 Å². The lowest BCUT2D eigenvalue weighted by Gasteiger charge is -2.14. The van der Waals surface area contributed by atoms with Crippen LogP contribution < -0.4 is 5.32 Å². The summed E-state index contributed by atoms with van der Waals surface area (Å²) < 4.78 is 10.1. The summed E-state index contributed by atoms with van der Waals surface area (Å²) in [5.74, 6) is -0.119. The summed E-state index contributed by atoms with van der Waals surface area (Å²) in [4.78, 5) is 11.8. The minimum absolute atomic E-state index is 0.0601. The third-order valence-corrected chi connectivity index (χ3v) is 2.93. The van der Waals surface area contributed by atoms with E-state index in [2.05, 4.69) is 19.2 Å². The highest BCUT2D eigenvalue weighted by atomic mass is 16.5. The molecule has 1 rings (SSSR count). The number of hydrogen-bond donors (Lipinski definition) is 1. The smallest absolute Gasteiger partial charge is 0.250 e. The Bertz CT molecular complexity index is 382. The van der Waals surface area contributed by atoms with E-state index in [1.54, 1.807) is 7.11 Å². The van der Waals surface area contributed by atoms with Crippen LogP contribution in [0.15, 0.2) is 18.2 Å². The number of para-hydroxylation sites is 1. The van der Waals surface area contributed by atoms with Gasteiger partial charge in [0, 0.05) is 12.8 Å². The molecule has 0 fully saturated rings. The first-order valence-electron chi connectivity index (χ1n) is 6.70. The summed E-state index contributed by atoms with van der Waals surface area (Å²) in [6.07, 6.45) is 1.79. The minimum atomic E-state index is -0.119. The van der Waals surface area contributed by atoms with Crippen molar-refractivity contribution in [3.63, 3.8) is 0 Å². The van der Waals surface area contributed by atoms with E-state index < -0.39 is 0 Å². The van der Waals surface area contributed by atoms with Gasteiger partial charge in [0.1, 0.15) is 6.61 Å². The van der Waals surface area contributed by atoms with Gasteiger partial charge in [0.2, 0.25) is 5.91 Å². The zero-order valence-corrected chi connectivity index (χ0v) is 12.0. The SMILES string of the molecule is CCc1cccc(CC)c1NC(=O)COCCOC. The van der Waals surface area contributed by atoms with E-state index in [-0.39, 0.29) is 12.5 Å². The molecule has 0 bridgehead atoms. The van der Waals surface area contributed by atoms with Crippen LogP contribution in [0.25, 0.3) is 0 Å². The van der Waals surface area contributed by atoms with Crippen molar-refractivity contribution in [2.75, 3.05) is 32.2 Å². The lowest BCUT2D eigenvalue weighted by Crippen LogP contribution is -2.21. The zero-order chi connectivity index (χ0) is 14.1. The van der Waals surface area contributed by atoms with Crippen LogP contribution in [0, 0.1) is 0 Å². The van der Waals surface area contributed by atoms with Crippen molar-refractivity contribution in [1.82, 2.24) is 0 Å². The minimum Gasteiger partial charge on any atom is -0.382 e. The highest BCUT2D eigenvalue weighted by molar-refractivity contribution is 5.93. The Hall–Kier alpha value is -1.39. The van der Waals surface area contributed by atoms with Gasteiger partial charge in [0.25, 0.3) is 0 Å². The zero-order valence-electron chi connectivity index (χ0n) is 12.0. The molecular weight excluding hydrogens is 242 g/mol. The summed E-state index contributed by atoms with van der Waals surface area (Å²) in [6.45, 7) is 5.16. The first-order valence-corrected chi connectivity index (χ1v) is 6.70. The molecule has 4 heteroatoms. The van der Waals surface area contributed by atoms with Crippen molar-refractivity contribution in [3.05, 3.63) is 29.3 Å². The fourth-order valence-corrected chi connectivity index (χ4v) is 1.89. The van der Waals surface area contributed by atoms with Gasteiger partial charge in [0.15, 0.2) is 0 Å². The third-order valence-electron chi connectivity index (χ3n) is 2.93. The number of hydrogen-bond acceptors (Lipinski definition) is 3.